The normalized spacial score (nSPS) is 15.7. The van der Waals surface area contributed by atoms with E-state index in [0.29, 0.717) is 0 Å². The Morgan fingerprint density at radius 3 is 1.92 bits per heavy atom. The molecule has 2 aromatic carbocycles. The average molecular weight is 480 g/mol. The molecule has 1 aliphatic rings. The number of halogens is 6. The Kier molecular flexibility index (Phi) is 6.77. The maximum Gasteiger partial charge on any atom is 1.00 e. The molecule has 0 saturated heterocycles. The first kappa shape index (κ1) is 22.4. The van der Waals surface area contributed by atoms with Gasteiger partial charge >= 0.3 is 65.9 Å². The van der Waals surface area contributed by atoms with Crippen molar-refractivity contribution in [2.24, 2.45) is 0 Å². The molecule has 0 aliphatic carbocycles. The molecule has 0 bridgehead atoms. The predicted molar refractivity (Wildman–Crippen MR) is 85.4 cm³/mol. The molecule has 0 saturated carbocycles. The van der Waals surface area contributed by atoms with Gasteiger partial charge in [-0.15, -0.1) is 0 Å². The van der Waals surface area contributed by atoms with E-state index >= 15 is 0 Å². The molecule has 132 valence electrons. The molecule has 9 heteroatoms. The molecule has 1 nitrogen and oxygen atoms in total. The molecule has 1 aliphatic heterocycles. The summed E-state index contributed by atoms with van der Waals surface area (Å²) in [6.07, 6.45) is 4.43. The smallest absolute Gasteiger partial charge is 1.00 e. The Morgan fingerprint density at radius 2 is 1.32 bits per heavy atom. The Hall–Kier alpha value is -0.622. The van der Waals surface area contributed by atoms with Gasteiger partial charge in [-0.05, 0) is 17.2 Å². The third-order valence-electron chi connectivity index (χ3n) is 3.12. The first-order valence-corrected chi connectivity index (χ1v) is 12.8. The number of fused-ring (bicyclic) bond motifs is 1. The number of hydrogen-bond acceptors (Lipinski definition) is 1. The van der Waals surface area contributed by atoms with Crippen molar-refractivity contribution < 1.29 is 46.4 Å². The topological polar surface area (TPSA) is 3.24 Å². The number of para-hydroxylation sites is 1. The summed E-state index contributed by atoms with van der Waals surface area (Å²) in [5, 5.41) is 0. The predicted octanol–water partition coefficient (Wildman–Crippen LogP) is 2.86. The zero-order valence-corrected chi connectivity index (χ0v) is 18.0. The minimum atomic E-state index is -11.2. The average Bonchev–Trinajstić information content (AvgIpc) is 2.46. The molecule has 2 aromatic rings. The molecule has 0 atom stereocenters. The van der Waals surface area contributed by atoms with E-state index in [0.717, 1.165) is 13.1 Å². The molecule has 0 amide bonds. The van der Waals surface area contributed by atoms with Crippen LogP contribution in [0.25, 0.3) is 6.08 Å². The van der Waals surface area contributed by atoms with E-state index in [1.165, 1.54) is 16.8 Å². The van der Waals surface area contributed by atoms with Crippen LogP contribution in [0.5, 0.6) is 0 Å². The molecule has 0 radical (unpaired) electrons. The third kappa shape index (κ3) is 10.2. The summed E-state index contributed by atoms with van der Waals surface area (Å²) in [7, 11) is 0. The molecule has 0 fully saturated rings. The summed E-state index contributed by atoms with van der Waals surface area (Å²) in [5.41, 5.74) is 4.01. The van der Waals surface area contributed by atoms with Gasteiger partial charge in [0.15, 0.2) is 0 Å². The van der Waals surface area contributed by atoms with Crippen LogP contribution < -0.4 is 34.5 Å². The second-order valence-corrected chi connectivity index (χ2v) is 10.8. The Labute approximate surface area is 166 Å². The standard InChI is InChI=1S/C16H15N.6FH.Na.Sb/c1-2-7-14(8-3-1)13-17-12-6-10-15-9-4-5-11-16(15)17;;;;;;;;/h1-11H,12-13H2;6*1H;;/q;;;;;;;+1;+5/p-6. The van der Waals surface area contributed by atoms with Crippen molar-refractivity contribution in [3.8, 4) is 0 Å². The molecule has 0 aromatic heterocycles. The molecule has 25 heavy (non-hydrogen) atoms. The van der Waals surface area contributed by atoms with Crippen LogP contribution in [0.2, 0.25) is 0 Å². The van der Waals surface area contributed by atoms with Crippen LogP contribution in [0.1, 0.15) is 11.1 Å². The van der Waals surface area contributed by atoms with Crippen molar-refractivity contribution >= 4 is 31.2 Å². The fourth-order valence-corrected chi connectivity index (χ4v) is 2.28. The molecule has 3 rings (SSSR count). The van der Waals surface area contributed by atoms with Crippen molar-refractivity contribution in [3.63, 3.8) is 0 Å². The van der Waals surface area contributed by atoms with Crippen molar-refractivity contribution in [1.82, 2.24) is 0 Å². The molecule has 0 spiro atoms. The Morgan fingerprint density at radius 1 is 0.800 bits per heavy atom. The maximum absolute atomic E-state index is 11.2. The van der Waals surface area contributed by atoms with E-state index in [-0.39, 0.29) is 29.6 Å². The summed E-state index contributed by atoms with van der Waals surface area (Å²) in [4.78, 5) is 2.41. The molecule has 0 unspecified atom stereocenters. The molecular weight excluding hydrogens is 465 g/mol. The minimum absolute atomic E-state index is 0. The fraction of sp³-hybridized carbons (Fsp3) is 0.125. The fourth-order valence-electron chi connectivity index (χ4n) is 2.28. The van der Waals surface area contributed by atoms with Crippen molar-refractivity contribution in [2.45, 2.75) is 6.54 Å². The molecule has 0 N–H and O–H groups in total. The van der Waals surface area contributed by atoms with Crippen molar-refractivity contribution in [2.75, 3.05) is 11.4 Å². The second kappa shape index (κ2) is 7.55. The first-order chi connectivity index (χ1) is 10.9. The summed E-state index contributed by atoms with van der Waals surface area (Å²) in [6, 6.07) is 19.2. The van der Waals surface area contributed by atoms with Crippen LogP contribution in [0.15, 0.2) is 60.7 Å². The van der Waals surface area contributed by atoms with E-state index in [2.05, 4.69) is 71.6 Å². The zero-order valence-electron chi connectivity index (χ0n) is 13.4. The number of anilines is 1. The van der Waals surface area contributed by atoms with Crippen molar-refractivity contribution in [1.29, 1.82) is 0 Å². The van der Waals surface area contributed by atoms with E-state index in [4.69, 9.17) is 0 Å². The van der Waals surface area contributed by atoms with Crippen molar-refractivity contribution in [3.05, 3.63) is 71.8 Å². The van der Waals surface area contributed by atoms with Crippen LogP contribution in [-0.2, 0) is 6.54 Å². The first-order valence-electron chi connectivity index (χ1n) is 6.99. The summed E-state index contributed by atoms with van der Waals surface area (Å²) < 4.78 is 59.6. The van der Waals surface area contributed by atoms with Crippen LogP contribution in [-0.4, -0.2) is 26.0 Å². The summed E-state index contributed by atoms with van der Waals surface area (Å²) in [6.45, 7) is 1.97. The number of nitrogens with zero attached hydrogens (tertiary/aromatic N) is 1. The van der Waals surface area contributed by atoms with Gasteiger partial charge in [0.25, 0.3) is 0 Å². The van der Waals surface area contributed by atoms with Crippen LogP contribution in [0.3, 0.4) is 0 Å². The summed E-state index contributed by atoms with van der Waals surface area (Å²) >= 11 is -11.2. The van der Waals surface area contributed by atoms with E-state index < -0.39 is 19.5 Å². The van der Waals surface area contributed by atoms with Crippen LogP contribution >= 0.6 is 0 Å². The van der Waals surface area contributed by atoms with E-state index in [1.54, 1.807) is 0 Å². The van der Waals surface area contributed by atoms with Gasteiger partial charge in [0, 0.05) is 18.8 Å². The number of benzene rings is 2. The van der Waals surface area contributed by atoms with Gasteiger partial charge in [-0.25, -0.2) is 0 Å². The van der Waals surface area contributed by atoms with Gasteiger partial charge < -0.3 is 4.90 Å². The largest absolute Gasteiger partial charge is 1.00 e. The molecule has 1 heterocycles. The van der Waals surface area contributed by atoms with Gasteiger partial charge in [-0.1, -0.05) is 60.7 Å². The zero-order chi connectivity index (χ0) is 17.9. The number of hydrogen-bond donors (Lipinski definition) is 0. The van der Waals surface area contributed by atoms with E-state index in [9.17, 15) is 16.9 Å². The Balaban J connectivity index is 0.000000339. The number of rotatable bonds is 2. The van der Waals surface area contributed by atoms with Gasteiger partial charge in [-0.3, -0.25) is 0 Å². The van der Waals surface area contributed by atoms with Gasteiger partial charge in [-0.2, -0.15) is 0 Å². The van der Waals surface area contributed by atoms with E-state index in [1.807, 2.05) is 0 Å². The van der Waals surface area contributed by atoms with Crippen LogP contribution in [0.4, 0.5) is 22.6 Å². The second-order valence-electron chi connectivity index (χ2n) is 5.29. The van der Waals surface area contributed by atoms with Gasteiger partial charge in [0.05, 0.1) is 0 Å². The monoisotopic (exact) mass is 479 g/mol. The van der Waals surface area contributed by atoms with Crippen LogP contribution in [0, 0.1) is 0 Å². The quantitative estimate of drug-likeness (QED) is 0.473. The Bertz CT molecular complexity index is 720. The van der Waals surface area contributed by atoms with Gasteiger partial charge in [0.2, 0.25) is 0 Å². The third-order valence-corrected chi connectivity index (χ3v) is 3.12. The maximum atomic E-state index is 9.93. The SMILES string of the molecule is C1=Cc2ccccc2N(Cc2ccccc2)C1.[F][Sb-]([F])([F])([F])([F])[F].[Na+]. The van der Waals surface area contributed by atoms with Gasteiger partial charge in [0.1, 0.15) is 0 Å². The minimum Gasteiger partial charge on any atom is 1.00 e. The molecular formula is C16H15F6NNaSb. The summed E-state index contributed by atoms with van der Waals surface area (Å²) in [5.74, 6) is 0.